The molecule has 3 rings (SSSR count). The number of hydrogen-bond donors (Lipinski definition) is 8. The molecule has 0 saturated heterocycles. The van der Waals surface area contributed by atoms with Gasteiger partial charge in [0.15, 0.2) is 11.9 Å². The van der Waals surface area contributed by atoms with E-state index in [9.17, 15) is 24.0 Å². The minimum absolute atomic E-state index is 0.00321. The SMILES string of the molecule is Cc1cc(=O)oc2cc(NC(=O)[C@H](CCCN=C(N)N)NC(=O)[C@@H](CCCN=C(N)N)NC(=O)[C@@H](C)NC(=O)OCc3ccccc3)ccc12. The van der Waals surface area contributed by atoms with Crippen LogP contribution in [0.25, 0.3) is 11.0 Å². The maximum atomic E-state index is 13.6. The number of rotatable bonds is 17. The molecule has 1 heterocycles. The van der Waals surface area contributed by atoms with Gasteiger partial charge >= 0.3 is 11.7 Å². The van der Waals surface area contributed by atoms with Gasteiger partial charge in [0.05, 0.1) is 0 Å². The Hall–Kier alpha value is -6.13. The molecule has 0 aliphatic carbocycles. The first-order valence-corrected chi connectivity index (χ1v) is 15.9. The van der Waals surface area contributed by atoms with Crippen molar-refractivity contribution in [3.05, 3.63) is 76.1 Å². The summed E-state index contributed by atoms with van der Waals surface area (Å²) in [6.45, 7) is 3.55. The highest BCUT2D eigenvalue weighted by Crippen LogP contribution is 2.21. The Morgan fingerprint density at radius 2 is 1.40 bits per heavy atom. The van der Waals surface area contributed by atoms with E-state index in [1.165, 1.54) is 19.1 Å². The lowest BCUT2D eigenvalue weighted by atomic mass is 10.1. The van der Waals surface area contributed by atoms with Crippen molar-refractivity contribution >= 4 is 52.4 Å². The fourth-order valence-electron chi connectivity index (χ4n) is 4.75. The highest BCUT2D eigenvalue weighted by molar-refractivity contribution is 6.00. The first-order chi connectivity index (χ1) is 23.8. The van der Waals surface area contributed by atoms with Crippen LogP contribution in [0.4, 0.5) is 10.5 Å². The van der Waals surface area contributed by atoms with E-state index in [2.05, 4.69) is 31.3 Å². The van der Waals surface area contributed by atoms with Crippen LogP contribution in [0.15, 0.2) is 73.8 Å². The summed E-state index contributed by atoms with van der Waals surface area (Å²) < 4.78 is 10.5. The molecule has 2 aromatic carbocycles. The maximum Gasteiger partial charge on any atom is 0.408 e. The van der Waals surface area contributed by atoms with E-state index < -0.39 is 47.6 Å². The Morgan fingerprint density at radius 1 is 0.800 bits per heavy atom. The predicted molar refractivity (Wildman–Crippen MR) is 189 cm³/mol. The molecule has 4 amide bonds. The number of ether oxygens (including phenoxy) is 1. The third-order valence-electron chi connectivity index (χ3n) is 7.32. The quantitative estimate of drug-likeness (QED) is 0.0415. The Bertz CT molecular complexity index is 1750. The predicted octanol–water partition coefficient (Wildman–Crippen LogP) is 0.432. The average Bonchev–Trinajstić information content (AvgIpc) is 3.06. The van der Waals surface area contributed by atoms with Crippen molar-refractivity contribution in [3.63, 3.8) is 0 Å². The van der Waals surface area contributed by atoms with Crippen LogP contribution in [0.5, 0.6) is 0 Å². The lowest BCUT2D eigenvalue weighted by molar-refractivity contribution is -0.131. The maximum absolute atomic E-state index is 13.6. The van der Waals surface area contributed by atoms with Gasteiger partial charge in [-0.25, -0.2) is 9.59 Å². The number of guanidine groups is 2. The van der Waals surface area contributed by atoms with E-state index in [0.29, 0.717) is 29.5 Å². The van der Waals surface area contributed by atoms with Gasteiger partial charge in [-0.1, -0.05) is 30.3 Å². The molecule has 17 heteroatoms. The van der Waals surface area contributed by atoms with Gasteiger partial charge in [0.25, 0.3) is 0 Å². The second-order valence-corrected chi connectivity index (χ2v) is 11.4. The largest absolute Gasteiger partial charge is 0.445 e. The number of benzene rings is 2. The van der Waals surface area contributed by atoms with Crippen LogP contribution < -0.4 is 49.8 Å². The van der Waals surface area contributed by atoms with E-state index >= 15 is 0 Å². The lowest BCUT2D eigenvalue weighted by Gasteiger charge is -2.24. The van der Waals surface area contributed by atoms with E-state index in [1.54, 1.807) is 43.3 Å². The van der Waals surface area contributed by atoms with Crippen molar-refractivity contribution in [2.75, 3.05) is 18.4 Å². The van der Waals surface area contributed by atoms with Crippen molar-refractivity contribution in [2.24, 2.45) is 32.9 Å². The number of hydrogen-bond acceptors (Lipinski definition) is 9. The third-order valence-corrected chi connectivity index (χ3v) is 7.32. The summed E-state index contributed by atoms with van der Waals surface area (Å²) in [7, 11) is 0. The molecular weight excluding hydrogens is 648 g/mol. The number of alkyl carbamates (subject to hydrolysis) is 1. The average molecular weight is 693 g/mol. The van der Waals surface area contributed by atoms with Gasteiger partial charge in [-0.3, -0.25) is 24.4 Å². The van der Waals surface area contributed by atoms with Crippen molar-refractivity contribution < 1.29 is 28.3 Å². The highest BCUT2D eigenvalue weighted by atomic mass is 16.5. The molecule has 268 valence electrons. The second-order valence-electron chi connectivity index (χ2n) is 11.4. The lowest BCUT2D eigenvalue weighted by Crippen LogP contribution is -2.55. The number of nitrogens with zero attached hydrogens (tertiary/aromatic N) is 2. The number of carbonyl (C=O) groups is 4. The molecule has 0 bridgehead atoms. The number of nitrogens with one attached hydrogen (secondary N) is 4. The van der Waals surface area contributed by atoms with Crippen molar-refractivity contribution in [3.8, 4) is 0 Å². The first-order valence-electron chi connectivity index (χ1n) is 15.9. The molecule has 17 nitrogen and oxygen atoms in total. The molecule has 1 aromatic heterocycles. The normalized spacial score (nSPS) is 12.4. The van der Waals surface area contributed by atoms with Crippen LogP contribution in [-0.4, -0.2) is 66.9 Å². The molecule has 0 saturated carbocycles. The van der Waals surface area contributed by atoms with Gasteiger partial charge in [0.1, 0.15) is 30.3 Å². The summed E-state index contributed by atoms with van der Waals surface area (Å²) in [6.07, 6.45) is -0.0116. The number of aryl methyl sites for hydroxylation is 1. The van der Waals surface area contributed by atoms with E-state index in [-0.39, 0.29) is 50.0 Å². The zero-order chi connectivity index (χ0) is 36.6. The van der Waals surface area contributed by atoms with E-state index in [4.69, 9.17) is 32.1 Å². The summed E-state index contributed by atoms with van der Waals surface area (Å²) >= 11 is 0. The van der Waals surface area contributed by atoms with E-state index in [0.717, 1.165) is 5.56 Å². The van der Waals surface area contributed by atoms with Crippen molar-refractivity contribution in [1.29, 1.82) is 0 Å². The molecule has 3 atom stereocenters. The van der Waals surface area contributed by atoms with Crippen LogP contribution in [0, 0.1) is 6.92 Å². The summed E-state index contributed by atoms with van der Waals surface area (Å²) in [5.41, 5.74) is 23.2. The number of amides is 4. The first kappa shape index (κ1) is 38.3. The number of fused-ring (bicyclic) bond motifs is 1. The molecule has 0 aliphatic heterocycles. The minimum Gasteiger partial charge on any atom is -0.445 e. The van der Waals surface area contributed by atoms with Gasteiger partial charge in [-0.2, -0.15) is 0 Å². The second kappa shape index (κ2) is 19.0. The Morgan fingerprint density at radius 3 is 2.02 bits per heavy atom. The van der Waals surface area contributed by atoms with Gasteiger partial charge < -0.3 is 53.4 Å². The molecule has 12 N–H and O–H groups in total. The zero-order valence-corrected chi connectivity index (χ0v) is 27.9. The molecule has 0 fully saturated rings. The minimum atomic E-state index is -1.15. The fraction of sp³-hybridized carbons (Fsp3) is 0.364. The fourth-order valence-corrected chi connectivity index (χ4v) is 4.75. The molecule has 0 aliphatic rings. The number of carbonyl (C=O) groups excluding carboxylic acids is 4. The van der Waals surface area contributed by atoms with Crippen LogP contribution >= 0.6 is 0 Å². The van der Waals surface area contributed by atoms with Crippen molar-refractivity contribution in [1.82, 2.24) is 16.0 Å². The number of anilines is 1. The monoisotopic (exact) mass is 692 g/mol. The third kappa shape index (κ3) is 12.8. The highest BCUT2D eigenvalue weighted by Gasteiger charge is 2.28. The van der Waals surface area contributed by atoms with E-state index in [1.807, 2.05) is 6.07 Å². The van der Waals surface area contributed by atoms with Crippen LogP contribution in [0.1, 0.15) is 43.7 Å². The van der Waals surface area contributed by atoms with Gasteiger partial charge in [-0.15, -0.1) is 0 Å². The summed E-state index contributed by atoms with van der Waals surface area (Å²) in [5, 5.41) is 11.2. The van der Waals surface area contributed by atoms with Gasteiger partial charge in [0.2, 0.25) is 17.7 Å². The standard InChI is InChI=1S/C33H44N10O7/c1-19-16-27(44)50-26-17-22(12-13-23(19)26)41-29(46)24(10-6-14-38-31(34)35)43-30(47)25(11-7-15-39-32(36)37)42-28(45)20(2)40-33(48)49-18-21-8-4-3-5-9-21/h3-5,8-9,12-13,16-17,20,24-25H,6-7,10-11,14-15,18H2,1-2H3,(H,40,48)(H,41,46)(H,42,45)(H,43,47)(H4,34,35,38)(H4,36,37,39)/t20-,24+,25-/m1/s1. The molecular formula is C33H44N10O7. The Kier molecular flexibility index (Phi) is 14.6. The molecule has 0 radical (unpaired) electrons. The molecule has 50 heavy (non-hydrogen) atoms. The summed E-state index contributed by atoms with van der Waals surface area (Å²) in [4.78, 5) is 72.4. The molecule has 3 aromatic rings. The molecule has 0 spiro atoms. The topological polar surface area (TPSA) is 285 Å². The van der Waals surface area contributed by atoms with Crippen molar-refractivity contribution in [2.45, 2.75) is 64.3 Å². The van der Waals surface area contributed by atoms with Gasteiger partial charge in [-0.05, 0) is 62.8 Å². The Labute approximate surface area is 288 Å². The van der Waals surface area contributed by atoms with Crippen LogP contribution in [0.2, 0.25) is 0 Å². The van der Waals surface area contributed by atoms with Gasteiger partial charge in [0, 0.05) is 36.3 Å². The number of nitrogens with two attached hydrogens (primary N) is 4. The Balaban J connectivity index is 1.73. The van der Waals surface area contributed by atoms with Crippen LogP contribution in [0.3, 0.4) is 0 Å². The summed E-state index contributed by atoms with van der Waals surface area (Å²) in [5.74, 6) is -2.20. The number of aliphatic imine (C=N–C) groups is 2. The summed E-state index contributed by atoms with van der Waals surface area (Å²) in [6, 6.07) is 11.9. The van der Waals surface area contributed by atoms with Crippen LogP contribution in [-0.2, 0) is 25.7 Å². The zero-order valence-electron chi connectivity index (χ0n) is 27.9. The molecule has 0 unspecified atom stereocenters. The smallest absolute Gasteiger partial charge is 0.408 e.